The Balaban J connectivity index is 1.88. The highest BCUT2D eigenvalue weighted by molar-refractivity contribution is 14.1. The molecule has 0 amide bonds. The fraction of sp³-hybridized carbons (Fsp3) is 0.368. The number of hydrogen-bond donors (Lipinski definition) is 3. The smallest absolute Gasteiger partial charge is 0.142 e. The summed E-state index contributed by atoms with van der Waals surface area (Å²) in [6.07, 6.45) is 8.44. The molecule has 0 aliphatic carbocycles. The van der Waals surface area contributed by atoms with E-state index in [1.54, 1.807) is 0 Å². The fourth-order valence-electron chi connectivity index (χ4n) is 6.27. The summed E-state index contributed by atoms with van der Waals surface area (Å²) in [6, 6.07) is 12.9. The lowest BCUT2D eigenvalue weighted by Crippen LogP contribution is -2.10. The number of aromatic hydroxyl groups is 3. The Hall–Kier alpha value is -0.800. The standard InChI is InChI=1S/C38H42I4O3/c1-6-8-10-27-12-24(17-32(39)36(27)43)14-29-21(3)30(15-25-13-28(11-9-7-2)37(44)33(40)18-25)23(5)31(22(29)4)16-26-19-34(41)38(45)35(42)20-26/h12-13,17-20,43-45H,6-11,14-16H2,1-5H3. The molecule has 0 heterocycles. The van der Waals surface area contributed by atoms with Gasteiger partial charge in [0.15, 0.2) is 0 Å². The first-order valence-electron chi connectivity index (χ1n) is 15.6. The van der Waals surface area contributed by atoms with Crippen molar-refractivity contribution in [2.45, 2.75) is 92.4 Å². The van der Waals surface area contributed by atoms with Crippen LogP contribution in [0.1, 0.15) is 101 Å². The summed E-state index contributed by atoms with van der Waals surface area (Å²) < 4.78 is 3.55. The second-order valence-electron chi connectivity index (χ2n) is 12.1. The number of unbranched alkanes of at least 4 members (excludes halogenated alkanes) is 2. The van der Waals surface area contributed by atoms with Crippen LogP contribution in [0, 0.1) is 35.1 Å². The monoisotopic (exact) mass is 1050 g/mol. The average molecular weight is 1050 g/mol. The number of hydrogen-bond acceptors (Lipinski definition) is 3. The van der Waals surface area contributed by atoms with Crippen molar-refractivity contribution in [2.24, 2.45) is 0 Å². The highest BCUT2D eigenvalue weighted by atomic mass is 127. The third kappa shape index (κ3) is 8.82. The summed E-state index contributed by atoms with van der Waals surface area (Å²) in [5, 5.41) is 32.1. The van der Waals surface area contributed by atoms with Gasteiger partial charge in [0.1, 0.15) is 17.2 Å². The van der Waals surface area contributed by atoms with Crippen molar-refractivity contribution in [1.29, 1.82) is 0 Å². The molecule has 0 saturated heterocycles. The molecule has 7 heteroatoms. The van der Waals surface area contributed by atoms with Crippen LogP contribution in [0.5, 0.6) is 17.2 Å². The maximum Gasteiger partial charge on any atom is 0.142 e. The Labute approximate surface area is 323 Å². The third-order valence-electron chi connectivity index (χ3n) is 8.94. The number of phenolic OH excluding ortho intramolecular Hbond substituents is 3. The number of phenols is 3. The Bertz CT molecular complexity index is 1600. The number of rotatable bonds is 12. The molecule has 0 radical (unpaired) electrons. The van der Waals surface area contributed by atoms with E-state index >= 15 is 0 Å². The molecule has 0 spiro atoms. The maximum absolute atomic E-state index is 10.8. The molecule has 240 valence electrons. The fourth-order valence-corrected chi connectivity index (χ4v) is 9.66. The van der Waals surface area contributed by atoms with Crippen LogP contribution in [0.15, 0.2) is 36.4 Å². The van der Waals surface area contributed by atoms with Gasteiger partial charge in [0.05, 0.1) is 14.3 Å². The molecule has 0 unspecified atom stereocenters. The molecule has 4 rings (SSSR count). The molecule has 0 atom stereocenters. The number of halogens is 4. The topological polar surface area (TPSA) is 60.7 Å². The Kier molecular flexibility index (Phi) is 13.6. The van der Waals surface area contributed by atoms with Crippen LogP contribution in [0.4, 0.5) is 0 Å². The minimum Gasteiger partial charge on any atom is -0.507 e. The summed E-state index contributed by atoms with van der Waals surface area (Å²) in [4.78, 5) is 0. The van der Waals surface area contributed by atoms with Gasteiger partial charge in [-0.3, -0.25) is 0 Å². The van der Waals surface area contributed by atoms with E-state index in [0.29, 0.717) is 17.2 Å². The third-order valence-corrected chi connectivity index (χ3v) is 12.2. The summed E-state index contributed by atoms with van der Waals surface area (Å²) in [5.41, 5.74) is 13.7. The largest absolute Gasteiger partial charge is 0.507 e. The van der Waals surface area contributed by atoms with Crippen LogP contribution >= 0.6 is 90.4 Å². The van der Waals surface area contributed by atoms with E-state index in [2.05, 4.69) is 161 Å². The molecule has 45 heavy (non-hydrogen) atoms. The Morgan fingerprint density at radius 3 is 1.07 bits per heavy atom. The highest BCUT2D eigenvalue weighted by Crippen LogP contribution is 2.37. The average Bonchev–Trinajstić information content (AvgIpc) is 3.00. The molecule has 4 aromatic carbocycles. The van der Waals surface area contributed by atoms with Gasteiger partial charge in [-0.2, -0.15) is 0 Å². The van der Waals surface area contributed by atoms with Gasteiger partial charge in [0.25, 0.3) is 0 Å². The van der Waals surface area contributed by atoms with E-state index in [0.717, 1.165) is 83.2 Å². The summed E-state index contributed by atoms with van der Waals surface area (Å²) in [5.74, 6) is 1.19. The summed E-state index contributed by atoms with van der Waals surface area (Å²) >= 11 is 8.99. The predicted octanol–water partition coefficient (Wildman–Crippen LogP) is 11.6. The minimum absolute atomic E-state index is 0.347. The second kappa shape index (κ2) is 16.5. The Morgan fingerprint density at radius 2 is 0.756 bits per heavy atom. The molecule has 4 aromatic rings. The highest BCUT2D eigenvalue weighted by Gasteiger charge is 2.21. The summed E-state index contributed by atoms with van der Waals surface area (Å²) in [7, 11) is 0. The van der Waals surface area contributed by atoms with Gasteiger partial charge >= 0.3 is 0 Å². The lowest BCUT2D eigenvalue weighted by Gasteiger charge is -2.24. The molecule has 3 N–H and O–H groups in total. The lowest BCUT2D eigenvalue weighted by atomic mass is 9.81. The molecular weight excluding hydrogens is 1010 g/mol. The molecule has 0 aliphatic heterocycles. The minimum atomic E-state index is 0.347. The van der Waals surface area contributed by atoms with Gasteiger partial charge in [-0.15, -0.1) is 0 Å². The van der Waals surface area contributed by atoms with Gasteiger partial charge in [-0.1, -0.05) is 38.8 Å². The summed E-state index contributed by atoms with van der Waals surface area (Å²) in [6.45, 7) is 11.2. The maximum atomic E-state index is 10.8. The number of aryl methyl sites for hydroxylation is 2. The molecule has 0 aliphatic rings. The van der Waals surface area contributed by atoms with Gasteiger partial charge in [0, 0.05) is 0 Å². The zero-order valence-electron chi connectivity index (χ0n) is 26.7. The van der Waals surface area contributed by atoms with E-state index in [1.165, 1.54) is 50.1 Å². The van der Waals surface area contributed by atoms with E-state index in [9.17, 15) is 15.3 Å². The zero-order chi connectivity index (χ0) is 33.0. The van der Waals surface area contributed by atoms with Crippen molar-refractivity contribution in [2.75, 3.05) is 0 Å². The van der Waals surface area contributed by atoms with Crippen LogP contribution < -0.4 is 0 Å². The van der Waals surface area contributed by atoms with Crippen molar-refractivity contribution in [3.63, 3.8) is 0 Å². The van der Waals surface area contributed by atoms with Gasteiger partial charge in [0.2, 0.25) is 0 Å². The molecule has 0 aromatic heterocycles. The van der Waals surface area contributed by atoms with Gasteiger partial charge < -0.3 is 15.3 Å². The van der Waals surface area contributed by atoms with Crippen LogP contribution in [0.25, 0.3) is 0 Å². The van der Waals surface area contributed by atoms with Crippen LogP contribution in [0.2, 0.25) is 0 Å². The Morgan fingerprint density at radius 1 is 0.467 bits per heavy atom. The normalized spacial score (nSPS) is 11.4. The first-order valence-corrected chi connectivity index (χ1v) is 19.9. The van der Waals surface area contributed by atoms with E-state index in [-0.39, 0.29) is 0 Å². The van der Waals surface area contributed by atoms with Gasteiger partial charge in [-0.25, -0.2) is 0 Å². The molecule has 0 fully saturated rings. The zero-order valence-corrected chi connectivity index (χ0v) is 35.3. The van der Waals surface area contributed by atoms with Gasteiger partial charge in [-0.05, 0) is 242 Å². The van der Waals surface area contributed by atoms with Crippen LogP contribution in [-0.2, 0) is 32.1 Å². The van der Waals surface area contributed by atoms with E-state index in [4.69, 9.17) is 0 Å². The SMILES string of the molecule is CCCCc1cc(Cc2c(C)c(Cc3cc(I)c(O)c(I)c3)c(C)c(Cc3cc(I)c(O)c(CCCC)c3)c2C)cc(I)c1O. The molecular formula is C38H42I4O3. The first kappa shape index (κ1) is 37.0. The van der Waals surface area contributed by atoms with Crippen molar-refractivity contribution < 1.29 is 15.3 Å². The lowest BCUT2D eigenvalue weighted by molar-refractivity contribution is 0.462. The van der Waals surface area contributed by atoms with Crippen molar-refractivity contribution in [1.82, 2.24) is 0 Å². The van der Waals surface area contributed by atoms with Crippen LogP contribution in [-0.4, -0.2) is 15.3 Å². The predicted molar refractivity (Wildman–Crippen MR) is 221 cm³/mol. The van der Waals surface area contributed by atoms with Crippen LogP contribution in [0.3, 0.4) is 0 Å². The number of benzene rings is 4. The second-order valence-corrected chi connectivity index (χ2v) is 16.8. The van der Waals surface area contributed by atoms with Crippen molar-refractivity contribution in [3.8, 4) is 17.2 Å². The quantitative estimate of drug-likeness (QED) is 0.124. The first-order chi connectivity index (χ1) is 21.4. The molecule has 0 bridgehead atoms. The molecule has 0 saturated carbocycles. The van der Waals surface area contributed by atoms with E-state index in [1.807, 2.05) is 0 Å². The van der Waals surface area contributed by atoms with Crippen molar-refractivity contribution >= 4 is 90.4 Å². The molecule has 3 nitrogen and oxygen atoms in total. The van der Waals surface area contributed by atoms with E-state index < -0.39 is 0 Å². The van der Waals surface area contributed by atoms with Crippen molar-refractivity contribution in [3.05, 3.63) is 112 Å².